The third kappa shape index (κ3) is 3.01. The molecule has 0 saturated heterocycles. The monoisotopic (exact) mass is 422 g/mol. The average Bonchev–Trinajstić information content (AvgIpc) is 2.45. The van der Waals surface area contributed by atoms with E-state index in [2.05, 4.69) is 31.9 Å². The lowest BCUT2D eigenvalue weighted by molar-refractivity contribution is 0.213. The Morgan fingerprint density at radius 1 is 1.15 bits per heavy atom. The van der Waals surface area contributed by atoms with Crippen LogP contribution in [0.5, 0.6) is 5.75 Å². The summed E-state index contributed by atoms with van der Waals surface area (Å²) in [5.74, 6) is -0.0749. The van der Waals surface area contributed by atoms with Gasteiger partial charge in [0.05, 0.1) is 12.1 Å². The molecule has 1 unspecified atom stereocenters. The second-order valence-electron chi connectivity index (χ2n) is 4.05. The zero-order chi connectivity index (χ0) is 14.9. The van der Waals surface area contributed by atoms with Gasteiger partial charge in [-0.15, -0.1) is 0 Å². The van der Waals surface area contributed by atoms with Crippen LogP contribution in [0.1, 0.15) is 17.2 Å². The Kier molecular flexibility index (Phi) is 5.07. The molecule has 0 heterocycles. The number of halogens is 4. The van der Waals surface area contributed by atoms with Gasteiger partial charge in [0, 0.05) is 20.1 Å². The fourth-order valence-electron chi connectivity index (χ4n) is 1.78. The maximum absolute atomic E-state index is 14.1. The number of hydrogen-bond donors (Lipinski definition) is 1. The van der Waals surface area contributed by atoms with Gasteiger partial charge in [-0.2, -0.15) is 0 Å². The highest BCUT2D eigenvalue weighted by Crippen LogP contribution is 2.36. The van der Waals surface area contributed by atoms with Gasteiger partial charge < -0.3 is 9.84 Å². The highest BCUT2D eigenvalue weighted by molar-refractivity contribution is 9.10. The van der Waals surface area contributed by atoms with Crippen LogP contribution in [0.3, 0.4) is 0 Å². The predicted octanol–water partition coefficient (Wildman–Crippen LogP) is 5.09. The van der Waals surface area contributed by atoms with E-state index in [1.54, 1.807) is 24.3 Å². The molecule has 0 amide bonds. The summed E-state index contributed by atoms with van der Waals surface area (Å²) in [5.41, 5.74) is 0.605. The van der Waals surface area contributed by atoms with Crippen LogP contribution in [-0.2, 0) is 0 Å². The summed E-state index contributed by atoms with van der Waals surface area (Å²) in [6.45, 7) is 0. The number of rotatable bonds is 3. The number of aliphatic hydroxyl groups excluding tert-OH is 1. The van der Waals surface area contributed by atoms with Crippen molar-refractivity contribution in [3.05, 3.63) is 61.2 Å². The van der Waals surface area contributed by atoms with E-state index in [4.69, 9.17) is 16.3 Å². The lowest BCUT2D eigenvalue weighted by atomic mass is 10.0. The lowest BCUT2D eigenvalue weighted by Gasteiger charge is -2.16. The van der Waals surface area contributed by atoms with E-state index in [0.29, 0.717) is 20.3 Å². The normalized spacial score (nSPS) is 12.3. The molecule has 0 aliphatic carbocycles. The third-order valence-corrected chi connectivity index (χ3v) is 4.84. The molecule has 0 aliphatic heterocycles. The summed E-state index contributed by atoms with van der Waals surface area (Å²) in [7, 11) is 1.52. The first-order valence-electron chi connectivity index (χ1n) is 5.60. The van der Waals surface area contributed by atoms with Crippen LogP contribution in [0, 0.1) is 5.82 Å². The van der Waals surface area contributed by atoms with Crippen LogP contribution in [0.25, 0.3) is 0 Å². The van der Waals surface area contributed by atoms with E-state index < -0.39 is 11.9 Å². The molecule has 6 heteroatoms. The van der Waals surface area contributed by atoms with Crippen molar-refractivity contribution in [3.63, 3.8) is 0 Å². The van der Waals surface area contributed by atoms with Gasteiger partial charge in [-0.25, -0.2) is 4.39 Å². The van der Waals surface area contributed by atoms with Crippen molar-refractivity contribution < 1.29 is 14.2 Å². The van der Waals surface area contributed by atoms with E-state index >= 15 is 0 Å². The second-order valence-corrected chi connectivity index (χ2v) is 6.14. The predicted molar refractivity (Wildman–Crippen MR) is 83.9 cm³/mol. The van der Waals surface area contributed by atoms with Gasteiger partial charge in [-0.05, 0) is 40.2 Å². The summed E-state index contributed by atoms with van der Waals surface area (Å²) < 4.78 is 20.4. The minimum Gasteiger partial charge on any atom is -0.497 e. The Hall–Kier alpha value is -0.620. The van der Waals surface area contributed by atoms with Gasteiger partial charge in [0.2, 0.25) is 0 Å². The number of aliphatic hydroxyl groups is 1. The maximum atomic E-state index is 14.1. The molecule has 0 fully saturated rings. The maximum Gasteiger partial charge on any atom is 0.149 e. The Morgan fingerprint density at radius 3 is 2.45 bits per heavy atom. The van der Waals surface area contributed by atoms with Crippen LogP contribution in [-0.4, -0.2) is 12.2 Å². The molecule has 0 aliphatic rings. The lowest BCUT2D eigenvalue weighted by Crippen LogP contribution is -2.04. The van der Waals surface area contributed by atoms with Gasteiger partial charge >= 0.3 is 0 Å². The molecule has 2 aromatic rings. The molecule has 0 radical (unpaired) electrons. The topological polar surface area (TPSA) is 29.5 Å². The molecule has 1 atom stereocenters. The molecule has 1 N–H and O–H groups in total. The fraction of sp³-hybridized carbons (Fsp3) is 0.143. The average molecular weight is 424 g/mol. The molecule has 0 aromatic heterocycles. The highest BCUT2D eigenvalue weighted by atomic mass is 79.9. The molecule has 2 nitrogen and oxygen atoms in total. The number of methoxy groups -OCH3 is 1. The van der Waals surface area contributed by atoms with E-state index in [-0.39, 0.29) is 10.6 Å². The Morgan fingerprint density at radius 2 is 1.80 bits per heavy atom. The molecule has 106 valence electrons. The van der Waals surface area contributed by atoms with Crippen LogP contribution in [0.15, 0.2) is 39.3 Å². The molecule has 2 aromatic carbocycles. The first-order valence-corrected chi connectivity index (χ1v) is 7.57. The fourth-order valence-corrected chi connectivity index (χ4v) is 2.72. The van der Waals surface area contributed by atoms with Gasteiger partial charge in [0.1, 0.15) is 17.7 Å². The van der Waals surface area contributed by atoms with Crippen molar-refractivity contribution in [2.24, 2.45) is 0 Å². The second kappa shape index (κ2) is 6.43. The SMILES string of the molecule is COc1ccc(Br)c(C(O)c2ccc(Br)c(Cl)c2F)c1. The van der Waals surface area contributed by atoms with Crippen molar-refractivity contribution >= 4 is 43.5 Å². The van der Waals surface area contributed by atoms with Gasteiger partial charge in [0.25, 0.3) is 0 Å². The van der Waals surface area contributed by atoms with E-state index in [1.807, 2.05) is 0 Å². The van der Waals surface area contributed by atoms with Gasteiger partial charge in [-0.3, -0.25) is 0 Å². The molecule has 0 bridgehead atoms. The van der Waals surface area contributed by atoms with Crippen LogP contribution >= 0.6 is 43.5 Å². The van der Waals surface area contributed by atoms with Gasteiger partial charge in [-0.1, -0.05) is 33.6 Å². The zero-order valence-electron chi connectivity index (χ0n) is 10.3. The summed E-state index contributed by atoms with van der Waals surface area (Å²) in [6, 6.07) is 8.20. The van der Waals surface area contributed by atoms with Gasteiger partial charge in [0.15, 0.2) is 0 Å². The zero-order valence-corrected chi connectivity index (χ0v) is 14.3. The number of benzene rings is 2. The number of ether oxygens (including phenoxy) is 1. The summed E-state index contributed by atoms with van der Waals surface area (Å²) in [4.78, 5) is 0. The standard InChI is InChI=1S/C14H10Br2ClFO2/c1-20-7-2-4-10(15)9(6-7)14(19)8-3-5-11(16)12(17)13(8)18/h2-6,14,19H,1H3. The smallest absolute Gasteiger partial charge is 0.149 e. The van der Waals surface area contributed by atoms with Crippen LogP contribution in [0.4, 0.5) is 4.39 Å². The highest BCUT2D eigenvalue weighted by Gasteiger charge is 2.21. The third-order valence-electron chi connectivity index (χ3n) is 2.86. The van der Waals surface area contributed by atoms with E-state index in [1.165, 1.54) is 13.2 Å². The van der Waals surface area contributed by atoms with Crippen LogP contribution in [0.2, 0.25) is 5.02 Å². The Balaban J connectivity index is 2.51. The summed E-state index contributed by atoms with van der Waals surface area (Å²) in [6.07, 6.45) is -1.15. The summed E-state index contributed by atoms with van der Waals surface area (Å²) >= 11 is 12.3. The van der Waals surface area contributed by atoms with Crippen molar-refractivity contribution in [1.82, 2.24) is 0 Å². The molecule has 2 rings (SSSR count). The first kappa shape index (κ1) is 15.8. The van der Waals surface area contributed by atoms with Crippen molar-refractivity contribution in [1.29, 1.82) is 0 Å². The molecule has 20 heavy (non-hydrogen) atoms. The van der Waals surface area contributed by atoms with E-state index in [9.17, 15) is 9.50 Å². The first-order chi connectivity index (χ1) is 9.45. The van der Waals surface area contributed by atoms with Crippen molar-refractivity contribution in [2.75, 3.05) is 7.11 Å². The number of hydrogen-bond acceptors (Lipinski definition) is 2. The largest absolute Gasteiger partial charge is 0.497 e. The van der Waals surface area contributed by atoms with Crippen molar-refractivity contribution in [3.8, 4) is 5.75 Å². The quantitative estimate of drug-likeness (QED) is 0.695. The van der Waals surface area contributed by atoms with E-state index in [0.717, 1.165) is 0 Å². The minimum atomic E-state index is -1.15. The minimum absolute atomic E-state index is 0.0550. The van der Waals surface area contributed by atoms with Crippen molar-refractivity contribution in [2.45, 2.75) is 6.10 Å². The molecule has 0 spiro atoms. The Labute approximate surface area is 137 Å². The Bertz CT molecular complexity index is 649. The summed E-state index contributed by atoms with van der Waals surface area (Å²) in [5, 5.41) is 10.3. The molecular formula is C14H10Br2ClFO2. The molecular weight excluding hydrogens is 414 g/mol. The molecule has 0 saturated carbocycles. The van der Waals surface area contributed by atoms with Crippen LogP contribution < -0.4 is 4.74 Å².